The third-order valence-corrected chi connectivity index (χ3v) is 4.64. The van der Waals surface area contributed by atoms with E-state index < -0.39 is 17.6 Å². The molecule has 24 heavy (non-hydrogen) atoms. The molecular weight excluding hydrogens is 337 g/mol. The van der Waals surface area contributed by atoms with Crippen LogP contribution in [0.15, 0.2) is 36.4 Å². The van der Waals surface area contributed by atoms with Gasteiger partial charge in [0.15, 0.2) is 5.13 Å². The third-order valence-electron chi connectivity index (χ3n) is 3.51. The lowest BCUT2D eigenvalue weighted by atomic mass is 10.1. The minimum Gasteiger partial charge on any atom is -0.298 e. The Morgan fingerprint density at radius 1 is 1.12 bits per heavy atom. The van der Waals surface area contributed by atoms with Gasteiger partial charge < -0.3 is 0 Å². The van der Waals surface area contributed by atoms with E-state index in [-0.39, 0.29) is 5.56 Å². The number of aryl methyl sites for hydroxylation is 2. The maximum absolute atomic E-state index is 12.5. The number of carbonyl (C=O) groups excluding carboxylic acids is 1. The van der Waals surface area contributed by atoms with Crippen molar-refractivity contribution in [1.82, 2.24) is 4.98 Å². The van der Waals surface area contributed by atoms with Crippen LogP contribution in [0.5, 0.6) is 0 Å². The molecule has 0 atom stereocenters. The van der Waals surface area contributed by atoms with Crippen molar-refractivity contribution in [1.29, 1.82) is 0 Å². The summed E-state index contributed by atoms with van der Waals surface area (Å²) in [5, 5.41) is 3.06. The van der Waals surface area contributed by atoms with Crippen molar-refractivity contribution in [3.8, 4) is 0 Å². The molecule has 2 aromatic carbocycles. The number of thiazole rings is 1. The Kier molecular flexibility index (Phi) is 4.04. The van der Waals surface area contributed by atoms with Crippen molar-refractivity contribution in [2.24, 2.45) is 0 Å². The number of alkyl halides is 3. The predicted molar refractivity (Wildman–Crippen MR) is 88.5 cm³/mol. The third kappa shape index (κ3) is 3.26. The lowest BCUT2D eigenvalue weighted by Gasteiger charge is -2.07. The summed E-state index contributed by atoms with van der Waals surface area (Å²) in [6, 6.07) is 8.04. The Bertz CT molecular complexity index is 914. The van der Waals surface area contributed by atoms with E-state index in [1.54, 1.807) is 0 Å². The minimum atomic E-state index is -4.42. The topological polar surface area (TPSA) is 42.0 Å². The van der Waals surface area contributed by atoms with Crippen molar-refractivity contribution in [3.63, 3.8) is 0 Å². The number of carbonyl (C=O) groups is 1. The maximum Gasteiger partial charge on any atom is 0.416 e. The number of nitrogens with zero attached hydrogens (tertiary/aromatic N) is 1. The highest BCUT2D eigenvalue weighted by Gasteiger charge is 2.30. The normalized spacial score (nSPS) is 11.7. The number of aromatic nitrogens is 1. The number of rotatable bonds is 2. The van der Waals surface area contributed by atoms with Crippen molar-refractivity contribution in [3.05, 3.63) is 58.7 Å². The zero-order chi connectivity index (χ0) is 17.5. The first-order chi connectivity index (χ1) is 11.2. The zero-order valence-corrected chi connectivity index (χ0v) is 13.7. The number of fused-ring (bicyclic) bond motifs is 1. The summed E-state index contributed by atoms with van der Waals surface area (Å²) in [7, 11) is 0. The van der Waals surface area contributed by atoms with Crippen LogP contribution >= 0.6 is 11.3 Å². The molecule has 1 amide bonds. The van der Waals surface area contributed by atoms with Gasteiger partial charge in [-0.25, -0.2) is 4.98 Å². The second-order valence-electron chi connectivity index (χ2n) is 5.48. The van der Waals surface area contributed by atoms with Gasteiger partial charge in [0.25, 0.3) is 5.91 Å². The van der Waals surface area contributed by atoms with E-state index in [1.807, 2.05) is 26.0 Å². The average molecular weight is 350 g/mol. The molecule has 0 aliphatic rings. The molecule has 0 aliphatic carbocycles. The van der Waals surface area contributed by atoms with Crippen LogP contribution in [0.25, 0.3) is 10.2 Å². The Labute approximate surface area is 140 Å². The summed E-state index contributed by atoms with van der Waals surface area (Å²) in [5.41, 5.74) is 2.30. The first-order valence-electron chi connectivity index (χ1n) is 7.10. The number of halogens is 3. The second-order valence-corrected chi connectivity index (χ2v) is 6.48. The Morgan fingerprint density at radius 2 is 1.79 bits per heavy atom. The van der Waals surface area contributed by atoms with Gasteiger partial charge in [-0.05, 0) is 55.3 Å². The Hall–Kier alpha value is -2.41. The summed E-state index contributed by atoms with van der Waals surface area (Å²) >= 11 is 1.34. The molecule has 0 unspecified atom stereocenters. The molecule has 0 spiro atoms. The summed E-state index contributed by atoms with van der Waals surface area (Å²) in [5.74, 6) is -0.489. The van der Waals surface area contributed by atoms with Gasteiger partial charge in [0.05, 0.1) is 15.8 Å². The molecule has 0 saturated heterocycles. The first kappa shape index (κ1) is 16.4. The fourth-order valence-electron chi connectivity index (χ4n) is 2.41. The Morgan fingerprint density at radius 3 is 2.42 bits per heavy atom. The van der Waals surface area contributed by atoms with E-state index in [0.717, 1.165) is 45.6 Å². The number of anilines is 1. The number of amides is 1. The molecule has 0 bridgehead atoms. The van der Waals surface area contributed by atoms with Gasteiger partial charge in [-0.1, -0.05) is 17.4 Å². The van der Waals surface area contributed by atoms with Gasteiger partial charge in [-0.2, -0.15) is 13.2 Å². The van der Waals surface area contributed by atoms with Crippen molar-refractivity contribution >= 4 is 32.6 Å². The van der Waals surface area contributed by atoms with E-state index in [1.165, 1.54) is 11.3 Å². The number of benzene rings is 2. The van der Waals surface area contributed by atoms with Crippen LogP contribution in [0.1, 0.15) is 27.0 Å². The summed E-state index contributed by atoms with van der Waals surface area (Å²) in [6.45, 7) is 3.93. The highest BCUT2D eigenvalue weighted by Crippen LogP contribution is 2.31. The molecule has 7 heteroatoms. The molecule has 1 aromatic heterocycles. The van der Waals surface area contributed by atoms with Crippen molar-refractivity contribution < 1.29 is 18.0 Å². The van der Waals surface area contributed by atoms with Gasteiger partial charge in [-0.15, -0.1) is 0 Å². The van der Waals surface area contributed by atoms with Crippen LogP contribution in [0.3, 0.4) is 0 Å². The Balaban J connectivity index is 1.83. The van der Waals surface area contributed by atoms with Crippen molar-refractivity contribution in [2.45, 2.75) is 20.0 Å². The molecule has 3 aromatic rings. The predicted octanol–water partition coefficient (Wildman–Crippen LogP) is 5.18. The molecular formula is C17H13F3N2OS. The van der Waals surface area contributed by atoms with Gasteiger partial charge in [0.2, 0.25) is 0 Å². The van der Waals surface area contributed by atoms with E-state index in [0.29, 0.717) is 5.13 Å². The quantitative estimate of drug-likeness (QED) is 0.691. The van der Waals surface area contributed by atoms with Crippen molar-refractivity contribution in [2.75, 3.05) is 5.32 Å². The zero-order valence-electron chi connectivity index (χ0n) is 12.9. The molecule has 1 heterocycles. The monoisotopic (exact) mass is 350 g/mol. The van der Waals surface area contributed by atoms with Crippen LogP contribution < -0.4 is 5.32 Å². The van der Waals surface area contributed by atoms with E-state index >= 15 is 0 Å². The van der Waals surface area contributed by atoms with Crippen LogP contribution in [0, 0.1) is 13.8 Å². The molecule has 3 rings (SSSR count). The SMILES string of the molecule is Cc1cc(C)c2sc(NC(=O)c3ccc(C(F)(F)F)cc3)nc2c1. The van der Waals surface area contributed by atoms with E-state index in [4.69, 9.17) is 0 Å². The molecule has 0 fully saturated rings. The average Bonchev–Trinajstić information content (AvgIpc) is 2.89. The maximum atomic E-state index is 12.5. The van der Waals surface area contributed by atoms with Crippen LogP contribution in [0.4, 0.5) is 18.3 Å². The lowest BCUT2D eigenvalue weighted by molar-refractivity contribution is -0.137. The summed E-state index contributed by atoms with van der Waals surface area (Å²) in [6.07, 6.45) is -4.42. The number of hydrogen-bond acceptors (Lipinski definition) is 3. The summed E-state index contributed by atoms with van der Waals surface area (Å²) < 4.78 is 38.6. The molecule has 1 N–H and O–H groups in total. The van der Waals surface area contributed by atoms with Gasteiger partial charge >= 0.3 is 6.18 Å². The molecule has 0 saturated carbocycles. The highest BCUT2D eigenvalue weighted by atomic mass is 32.1. The van der Waals surface area contributed by atoms with Gasteiger partial charge in [-0.3, -0.25) is 10.1 Å². The second kappa shape index (κ2) is 5.90. The largest absolute Gasteiger partial charge is 0.416 e. The van der Waals surface area contributed by atoms with Gasteiger partial charge in [0.1, 0.15) is 0 Å². The number of nitrogens with one attached hydrogen (secondary N) is 1. The lowest BCUT2D eigenvalue weighted by Crippen LogP contribution is -2.12. The highest BCUT2D eigenvalue weighted by molar-refractivity contribution is 7.22. The molecule has 3 nitrogen and oxygen atoms in total. The van der Waals surface area contributed by atoms with Crippen LogP contribution in [0.2, 0.25) is 0 Å². The van der Waals surface area contributed by atoms with Crippen LogP contribution in [-0.4, -0.2) is 10.9 Å². The van der Waals surface area contributed by atoms with E-state index in [2.05, 4.69) is 10.3 Å². The molecule has 0 radical (unpaired) electrons. The smallest absolute Gasteiger partial charge is 0.298 e. The van der Waals surface area contributed by atoms with Gasteiger partial charge in [0, 0.05) is 5.56 Å². The fourth-order valence-corrected chi connectivity index (χ4v) is 3.32. The molecule has 124 valence electrons. The summed E-state index contributed by atoms with van der Waals surface area (Å²) in [4.78, 5) is 16.5. The van der Waals surface area contributed by atoms with Crippen LogP contribution in [-0.2, 0) is 6.18 Å². The van der Waals surface area contributed by atoms with E-state index in [9.17, 15) is 18.0 Å². The first-order valence-corrected chi connectivity index (χ1v) is 7.92. The fraction of sp³-hybridized carbons (Fsp3) is 0.176. The minimum absolute atomic E-state index is 0.148. The molecule has 0 aliphatic heterocycles. The number of hydrogen-bond donors (Lipinski definition) is 1. The standard InChI is InChI=1S/C17H13F3N2OS/c1-9-7-10(2)14-13(8-9)21-16(24-14)22-15(23)11-3-5-12(6-4-11)17(18,19)20/h3-8H,1-2H3,(H,21,22,23).